The van der Waals surface area contributed by atoms with Gasteiger partial charge in [0.15, 0.2) is 0 Å². The molecule has 0 heterocycles. The van der Waals surface area contributed by atoms with Gasteiger partial charge in [-0.05, 0) is 0 Å². The van der Waals surface area contributed by atoms with E-state index in [0.717, 1.165) is 0 Å². The van der Waals surface area contributed by atoms with E-state index in [-0.39, 0.29) is 64.7 Å². The summed E-state index contributed by atoms with van der Waals surface area (Å²) < 4.78 is 8.88. The van der Waals surface area contributed by atoms with Gasteiger partial charge in [-0.25, -0.2) is 4.57 Å². The van der Waals surface area contributed by atoms with Crippen LogP contribution in [0.15, 0.2) is 0 Å². The molecule has 8 heteroatoms. The molecular weight excluding hydrogens is 365 g/mol. The summed E-state index contributed by atoms with van der Waals surface area (Å²) in [5, 5.41) is 0. The number of phosphoric acid groups is 1. The van der Waals surface area contributed by atoms with Crippen LogP contribution in [0.5, 0.6) is 0 Å². The van der Waals surface area contributed by atoms with Crippen LogP contribution in [0.1, 0.15) is 1.43 Å². The summed E-state index contributed by atoms with van der Waals surface area (Å²) in [6.07, 6.45) is 0. The van der Waals surface area contributed by atoms with Crippen molar-refractivity contribution in [3.05, 3.63) is 0 Å². The van der Waals surface area contributed by atoms with Gasteiger partial charge in [-0.15, -0.1) is 0 Å². The first-order valence-electron chi connectivity index (χ1n) is 0.783. The molecule has 0 aliphatic carbocycles. The van der Waals surface area contributed by atoms with Crippen molar-refractivity contribution in [2.75, 3.05) is 0 Å². The molecule has 3 N–H and O–H groups in total. The van der Waals surface area contributed by atoms with Crippen molar-refractivity contribution in [2.45, 2.75) is 0 Å². The third-order valence-corrected chi connectivity index (χ3v) is 0. The van der Waals surface area contributed by atoms with Gasteiger partial charge in [-0.1, -0.05) is 0 Å². The standard InChI is InChI=1S/Fe.Li.H3O4P.Pb.3H/c;;1-5(2,3)4;;;;/h;;(H3,1,2,3,4);;;;/q;+1;;;;;-1. The normalized spacial score (nSPS) is 7.38. The Hall–Kier alpha value is 2.15. The zero-order chi connectivity index (χ0) is 4.50. The van der Waals surface area contributed by atoms with E-state index < -0.39 is 7.82 Å². The Bertz CT molecular complexity index is 66.7. The van der Waals surface area contributed by atoms with Crippen molar-refractivity contribution in [1.82, 2.24) is 0 Å². The molecule has 0 bridgehead atoms. The summed E-state index contributed by atoms with van der Waals surface area (Å²) >= 11 is 0. The molecule has 0 saturated heterocycles. The first kappa shape index (κ1) is 22.5. The quantitative estimate of drug-likeness (QED) is 0.296. The molecule has 0 aromatic carbocycles. The molecule has 0 rings (SSSR count). The maximum atomic E-state index is 8.88. The van der Waals surface area contributed by atoms with E-state index in [0.29, 0.717) is 0 Å². The Labute approximate surface area is 91.0 Å². The van der Waals surface area contributed by atoms with Gasteiger partial charge in [-0.2, -0.15) is 0 Å². The fourth-order valence-electron chi connectivity index (χ4n) is 0. The number of hydrogen-bond acceptors (Lipinski definition) is 1. The van der Waals surface area contributed by atoms with E-state index in [9.17, 15) is 0 Å². The topological polar surface area (TPSA) is 77.8 Å². The van der Waals surface area contributed by atoms with Crippen LogP contribution in [0.3, 0.4) is 0 Å². The second-order valence-corrected chi connectivity index (χ2v) is 1.54. The average Bonchev–Trinajstić information content (AvgIpc) is 0.722. The molecular formula is H6FeLiO4PPb. The van der Waals surface area contributed by atoms with Crippen molar-refractivity contribution in [3.63, 3.8) is 0 Å². The Morgan fingerprint density at radius 3 is 1.25 bits per heavy atom. The molecule has 0 unspecified atom stereocenters. The summed E-state index contributed by atoms with van der Waals surface area (Å²) in [6.45, 7) is 0. The summed E-state index contributed by atoms with van der Waals surface area (Å²) in [5.74, 6) is 0. The van der Waals surface area contributed by atoms with Crippen LogP contribution in [-0.4, -0.2) is 42.0 Å². The van der Waals surface area contributed by atoms with Gasteiger partial charge in [0.2, 0.25) is 0 Å². The zero-order valence-electron chi connectivity index (χ0n) is 5.26. The Morgan fingerprint density at radius 2 is 1.25 bits per heavy atom. The van der Waals surface area contributed by atoms with Gasteiger partial charge >= 0.3 is 54.0 Å². The van der Waals surface area contributed by atoms with Gasteiger partial charge in [0.05, 0.1) is 0 Å². The molecule has 0 saturated carbocycles. The predicted molar refractivity (Wildman–Crippen MR) is 23.9 cm³/mol. The molecule has 48 valence electrons. The first-order valence-corrected chi connectivity index (χ1v) is 2.35. The molecule has 0 spiro atoms. The Kier molecular flexibility index (Phi) is 25.7. The first-order chi connectivity index (χ1) is 2.00. The summed E-state index contributed by atoms with van der Waals surface area (Å²) in [5.41, 5.74) is 0. The third kappa shape index (κ3) is 90.2. The molecule has 0 aromatic rings. The molecule has 0 atom stereocenters. The summed E-state index contributed by atoms with van der Waals surface area (Å²) in [6, 6.07) is 0. The maximum absolute atomic E-state index is 8.88. The third-order valence-electron chi connectivity index (χ3n) is 0. The van der Waals surface area contributed by atoms with E-state index in [2.05, 4.69) is 0 Å². The minimum atomic E-state index is -4.64. The monoisotopic (exact) mass is 372 g/mol. The Balaban J connectivity index is -0.0000000133. The van der Waals surface area contributed by atoms with E-state index >= 15 is 0 Å². The molecule has 0 aliphatic heterocycles. The van der Waals surface area contributed by atoms with Crippen molar-refractivity contribution in [1.29, 1.82) is 0 Å². The SMILES string of the molecule is O=P(O)(O)O.[Fe].[H-].[Li+].[PbH2]. The van der Waals surface area contributed by atoms with Crippen molar-refractivity contribution in [3.8, 4) is 0 Å². The zero-order valence-corrected chi connectivity index (χ0v) is 11.8. The van der Waals surface area contributed by atoms with Gasteiger partial charge < -0.3 is 16.1 Å². The molecule has 0 aliphatic rings. The minimum absolute atomic E-state index is 0. The van der Waals surface area contributed by atoms with Crippen LogP contribution in [0, 0.1) is 0 Å². The fourth-order valence-corrected chi connectivity index (χ4v) is 0. The van der Waals surface area contributed by atoms with E-state index in [1.54, 1.807) is 0 Å². The molecule has 8 heavy (non-hydrogen) atoms. The van der Waals surface area contributed by atoms with Crippen LogP contribution in [-0.2, 0) is 21.6 Å². The van der Waals surface area contributed by atoms with Crippen molar-refractivity contribution >= 4 is 35.1 Å². The summed E-state index contributed by atoms with van der Waals surface area (Å²) in [7, 11) is -4.64. The van der Waals surface area contributed by atoms with Crippen LogP contribution in [0.2, 0.25) is 0 Å². The van der Waals surface area contributed by atoms with E-state index in [1.165, 1.54) is 0 Å². The molecule has 0 fully saturated rings. The van der Waals surface area contributed by atoms with Crippen LogP contribution < -0.4 is 18.9 Å². The van der Waals surface area contributed by atoms with Crippen LogP contribution >= 0.6 is 7.82 Å². The average molecular weight is 371 g/mol. The van der Waals surface area contributed by atoms with Crippen LogP contribution in [0.4, 0.5) is 0 Å². The number of rotatable bonds is 0. The second-order valence-electron chi connectivity index (χ2n) is 0.513. The van der Waals surface area contributed by atoms with Crippen molar-refractivity contribution in [2.24, 2.45) is 0 Å². The van der Waals surface area contributed by atoms with E-state index in [1.807, 2.05) is 0 Å². The molecule has 0 aromatic heterocycles. The predicted octanol–water partition coefficient (Wildman–Crippen LogP) is -4.73. The van der Waals surface area contributed by atoms with Gasteiger partial charge in [-0.3, -0.25) is 0 Å². The Morgan fingerprint density at radius 1 is 1.25 bits per heavy atom. The van der Waals surface area contributed by atoms with Gasteiger partial charge in [0.1, 0.15) is 0 Å². The fraction of sp³-hybridized carbons (Fsp3) is 0. The van der Waals surface area contributed by atoms with Crippen molar-refractivity contribution < 1.29 is 56.6 Å². The molecule has 2 radical (unpaired) electrons. The van der Waals surface area contributed by atoms with Crippen LogP contribution in [0.25, 0.3) is 0 Å². The van der Waals surface area contributed by atoms with Gasteiger partial charge in [0.25, 0.3) is 0 Å². The molecule has 0 amide bonds. The summed E-state index contributed by atoms with van der Waals surface area (Å²) in [4.78, 5) is 21.6. The van der Waals surface area contributed by atoms with E-state index in [4.69, 9.17) is 19.2 Å². The molecule has 4 nitrogen and oxygen atoms in total. The van der Waals surface area contributed by atoms with Gasteiger partial charge in [0, 0.05) is 17.1 Å². The number of hydrogen-bond donors (Lipinski definition) is 3. The second kappa shape index (κ2) is 9.15.